The second-order valence-electron chi connectivity index (χ2n) is 5.82. The molecule has 6 nitrogen and oxygen atoms in total. The molecule has 3 rings (SSSR count). The fraction of sp³-hybridized carbons (Fsp3) is 0.471. The number of benzene rings is 1. The molecule has 1 atom stereocenters. The lowest BCUT2D eigenvalue weighted by molar-refractivity contribution is -0.120. The van der Waals surface area contributed by atoms with Crippen LogP contribution in [0.15, 0.2) is 35.5 Å². The number of rotatable bonds is 8. The first kappa shape index (κ1) is 17.0. The maximum absolute atomic E-state index is 12.1. The van der Waals surface area contributed by atoms with Crippen LogP contribution in [-0.4, -0.2) is 46.2 Å². The van der Waals surface area contributed by atoms with Gasteiger partial charge in [0.15, 0.2) is 0 Å². The van der Waals surface area contributed by atoms with Crippen LogP contribution in [0.5, 0.6) is 0 Å². The van der Waals surface area contributed by atoms with Crippen LogP contribution >= 0.6 is 11.8 Å². The quantitative estimate of drug-likeness (QED) is 0.587. The van der Waals surface area contributed by atoms with E-state index in [0.29, 0.717) is 24.2 Å². The number of carbonyl (C=O) groups is 1. The molecule has 1 heterocycles. The largest absolute Gasteiger partial charge is 0.383 e. The Kier molecular flexibility index (Phi) is 5.52. The summed E-state index contributed by atoms with van der Waals surface area (Å²) >= 11 is 1.39. The third kappa shape index (κ3) is 4.15. The van der Waals surface area contributed by atoms with E-state index in [0.717, 1.165) is 24.4 Å². The Morgan fingerprint density at radius 1 is 1.42 bits per heavy atom. The van der Waals surface area contributed by atoms with Gasteiger partial charge in [-0.3, -0.25) is 4.79 Å². The van der Waals surface area contributed by atoms with E-state index in [1.807, 2.05) is 41.9 Å². The van der Waals surface area contributed by atoms with Gasteiger partial charge in [0, 0.05) is 19.6 Å². The van der Waals surface area contributed by atoms with Crippen molar-refractivity contribution in [3.8, 4) is 5.69 Å². The SMILES string of the molecule is COCCNC(=O)[C@H](C)Sc1nc(C2CC2)n(-c2ccccc2)n1. The highest BCUT2D eigenvalue weighted by atomic mass is 32.2. The molecule has 0 spiro atoms. The van der Waals surface area contributed by atoms with Crippen LogP contribution in [-0.2, 0) is 9.53 Å². The summed E-state index contributed by atoms with van der Waals surface area (Å²) in [5.41, 5.74) is 1.01. The summed E-state index contributed by atoms with van der Waals surface area (Å²) in [5.74, 6) is 1.45. The first-order chi connectivity index (χ1) is 11.7. The smallest absolute Gasteiger partial charge is 0.233 e. The first-order valence-electron chi connectivity index (χ1n) is 8.14. The molecule has 7 heteroatoms. The Bertz CT molecular complexity index is 685. The van der Waals surface area contributed by atoms with Crippen LogP contribution in [0, 0.1) is 0 Å². The summed E-state index contributed by atoms with van der Waals surface area (Å²) < 4.78 is 6.85. The minimum atomic E-state index is -0.250. The zero-order valence-electron chi connectivity index (χ0n) is 13.9. The second kappa shape index (κ2) is 7.81. The van der Waals surface area contributed by atoms with E-state index < -0.39 is 0 Å². The summed E-state index contributed by atoms with van der Waals surface area (Å²) in [7, 11) is 1.61. The monoisotopic (exact) mass is 346 g/mol. The number of carbonyl (C=O) groups excluding carboxylic acids is 1. The van der Waals surface area contributed by atoms with Crippen molar-refractivity contribution in [2.75, 3.05) is 20.3 Å². The number of thioether (sulfide) groups is 1. The molecule has 24 heavy (non-hydrogen) atoms. The Morgan fingerprint density at radius 3 is 2.83 bits per heavy atom. The van der Waals surface area contributed by atoms with Crippen molar-refractivity contribution in [1.82, 2.24) is 20.1 Å². The van der Waals surface area contributed by atoms with Crippen LogP contribution in [0.2, 0.25) is 0 Å². The molecule has 2 aromatic rings. The number of nitrogens with one attached hydrogen (secondary N) is 1. The van der Waals surface area contributed by atoms with Gasteiger partial charge in [-0.2, -0.15) is 0 Å². The van der Waals surface area contributed by atoms with Crippen LogP contribution in [0.25, 0.3) is 5.69 Å². The number of para-hydroxylation sites is 1. The van der Waals surface area contributed by atoms with Crippen molar-refractivity contribution >= 4 is 17.7 Å². The van der Waals surface area contributed by atoms with E-state index in [1.165, 1.54) is 11.8 Å². The van der Waals surface area contributed by atoms with Crippen molar-refractivity contribution in [2.24, 2.45) is 0 Å². The number of methoxy groups -OCH3 is 1. The maximum Gasteiger partial charge on any atom is 0.233 e. The third-order valence-electron chi connectivity index (χ3n) is 3.81. The van der Waals surface area contributed by atoms with E-state index >= 15 is 0 Å². The molecular formula is C17H22N4O2S. The molecular weight excluding hydrogens is 324 g/mol. The molecule has 1 fully saturated rings. The Morgan fingerprint density at radius 2 is 2.17 bits per heavy atom. The summed E-state index contributed by atoms with van der Waals surface area (Å²) in [6.45, 7) is 2.89. The molecule has 0 radical (unpaired) electrons. The van der Waals surface area contributed by atoms with E-state index in [1.54, 1.807) is 7.11 Å². The van der Waals surface area contributed by atoms with Crippen LogP contribution in [0.3, 0.4) is 0 Å². The summed E-state index contributed by atoms with van der Waals surface area (Å²) in [5, 5.41) is 7.87. The standard InChI is InChI=1S/C17H22N4O2S/c1-12(16(22)18-10-11-23-2)24-17-19-15(13-8-9-13)21(20-17)14-6-4-3-5-7-14/h3-7,12-13H,8-11H2,1-2H3,(H,18,22)/t12-/m0/s1. The molecule has 1 aliphatic rings. The zero-order chi connectivity index (χ0) is 16.9. The van der Waals surface area contributed by atoms with Gasteiger partial charge >= 0.3 is 0 Å². The summed E-state index contributed by atoms with van der Waals surface area (Å²) in [6.07, 6.45) is 2.31. The number of aromatic nitrogens is 3. The molecule has 1 aromatic carbocycles. The topological polar surface area (TPSA) is 69.0 Å². The predicted octanol–water partition coefficient (Wildman–Crippen LogP) is 2.39. The van der Waals surface area contributed by atoms with Crippen molar-refractivity contribution in [2.45, 2.75) is 36.1 Å². The molecule has 1 amide bonds. The first-order valence-corrected chi connectivity index (χ1v) is 9.02. The number of ether oxygens (including phenoxy) is 1. The summed E-state index contributed by atoms with van der Waals surface area (Å²) in [6, 6.07) is 10.0. The minimum absolute atomic E-state index is 0.0268. The zero-order valence-corrected chi connectivity index (χ0v) is 14.8. The third-order valence-corrected chi connectivity index (χ3v) is 4.76. The van der Waals surface area contributed by atoms with Crippen LogP contribution < -0.4 is 5.32 Å². The van der Waals surface area contributed by atoms with Crippen molar-refractivity contribution in [1.29, 1.82) is 0 Å². The highest BCUT2D eigenvalue weighted by molar-refractivity contribution is 8.00. The highest BCUT2D eigenvalue weighted by Gasteiger charge is 2.31. The molecule has 0 unspecified atom stereocenters. The molecule has 0 saturated heterocycles. The molecule has 1 aliphatic carbocycles. The fourth-order valence-corrected chi connectivity index (χ4v) is 3.13. The molecule has 1 aromatic heterocycles. The molecule has 0 aliphatic heterocycles. The maximum atomic E-state index is 12.1. The molecule has 128 valence electrons. The van der Waals surface area contributed by atoms with E-state index in [2.05, 4.69) is 15.4 Å². The van der Waals surface area contributed by atoms with Gasteiger partial charge in [-0.25, -0.2) is 9.67 Å². The Balaban J connectivity index is 1.71. The second-order valence-corrected chi connectivity index (χ2v) is 7.13. The number of nitrogens with zero attached hydrogens (tertiary/aromatic N) is 3. The van der Waals surface area contributed by atoms with Gasteiger partial charge < -0.3 is 10.1 Å². The van der Waals surface area contributed by atoms with Gasteiger partial charge in [-0.1, -0.05) is 30.0 Å². The van der Waals surface area contributed by atoms with Gasteiger partial charge in [-0.05, 0) is 31.9 Å². The van der Waals surface area contributed by atoms with E-state index in [-0.39, 0.29) is 11.2 Å². The van der Waals surface area contributed by atoms with Crippen molar-refractivity contribution < 1.29 is 9.53 Å². The lowest BCUT2D eigenvalue weighted by atomic mass is 10.3. The minimum Gasteiger partial charge on any atom is -0.383 e. The van der Waals surface area contributed by atoms with E-state index in [9.17, 15) is 4.79 Å². The molecule has 1 saturated carbocycles. The molecule has 0 bridgehead atoms. The highest BCUT2D eigenvalue weighted by Crippen LogP contribution is 2.40. The fourth-order valence-electron chi connectivity index (χ4n) is 2.35. The van der Waals surface area contributed by atoms with Crippen molar-refractivity contribution in [3.63, 3.8) is 0 Å². The van der Waals surface area contributed by atoms with Crippen LogP contribution in [0.1, 0.15) is 31.5 Å². The number of amides is 1. The summed E-state index contributed by atoms with van der Waals surface area (Å²) in [4.78, 5) is 16.8. The molecule has 1 N–H and O–H groups in total. The number of hydrogen-bond acceptors (Lipinski definition) is 5. The van der Waals surface area contributed by atoms with Gasteiger partial charge in [0.2, 0.25) is 11.1 Å². The normalized spacial score (nSPS) is 15.2. The Hall–Kier alpha value is -1.86. The lowest BCUT2D eigenvalue weighted by Crippen LogP contribution is -2.33. The van der Waals surface area contributed by atoms with Gasteiger partial charge in [-0.15, -0.1) is 5.10 Å². The van der Waals surface area contributed by atoms with E-state index in [4.69, 9.17) is 4.74 Å². The van der Waals surface area contributed by atoms with Gasteiger partial charge in [0.25, 0.3) is 0 Å². The van der Waals surface area contributed by atoms with Crippen molar-refractivity contribution in [3.05, 3.63) is 36.2 Å². The predicted molar refractivity (Wildman–Crippen MR) is 93.5 cm³/mol. The number of hydrogen-bond donors (Lipinski definition) is 1. The lowest BCUT2D eigenvalue weighted by Gasteiger charge is -2.09. The average molecular weight is 346 g/mol. The average Bonchev–Trinajstić information content (AvgIpc) is 3.36. The van der Waals surface area contributed by atoms with Gasteiger partial charge in [0.05, 0.1) is 17.5 Å². The Labute approximate surface area is 146 Å². The van der Waals surface area contributed by atoms with Gasteiger partial charge in [0.1, 0.15) is 5.82 Å². The van der Waals surface area contributed by atoms with Crippen LogP contribution in [0.4, 0.5) is 0 Å².